The SMILES string of the molecule is O=C(NCc1ccc(F)cc1)c1ccc(COc2c(Cl)c(Cl)c(Cl)c(Cl)c2Cl)o1. The summed E-state index contributed by atoms with van der Waals surface area (Å²) in [5.41, 5.74) is 0.746. The van der Waals surface area contributed by atoms with Gasteiger partial charge >= 0.3 is 0 Å². The molecule has 1 aromatic heterocycles. The van der Waals surface area contributed by atoms with Crippen LogP contribution in [-0.4, -0.2) is 5.91 Å². The second-order valence-electron chi connectivity index (χ2n) is 5.76. The molecule has 0 saturated heterocycles. The second-order valence-corrected chi connectivity index (χ2v) is 7.65. The van der Waals surface area contributed by atoms with E-state index in [9.17, 15) is 9.18 Å². The van der Waals surface area contributed by atoms with Gasteiger partial charge in [-0.1, -0.05) is 70.1 Å². The van der Waals surface area contributed by atoms with Crippen molar-refractivity contribution in [3.05, 3.63) is 84.4 Å². The molecular weight excluding hydrogens is 486 g/mol. The van der Waals surface area contributed by atoms with Crippen LogP contribution in [0.2, 0.25) is 25.1 Å². The molecule has 0 radical (unpaired) electrons. The normalized spacial score (nSPS) is 10.8. The number of nitrogens with one attached hydrogen (secondary N) is 1. The average molecular weight is 498 g/mol. The van der Waals surface area contributed by atoms with Gasteiger partial charge in [0.05, 0.1) is 15.1 Å². The minimum atomic E-state index is -0.436. The first kappa shape index (κ1) is 22.1. The molecule has 2 aromatic carbocycles. The fourth-order valence-electron chi connectivity index (χ4n) is 2.30. The van der Waals surface area contributed by atoms with Crippen LogP contribution in [0.4, 0.5) is 4.39 Å². The maximum Gasteiger partial charge on any atom is 0.287 e. The Morgan fingerprint density at radius 1 is 0.897 bits per heavy atom. The third-order valence-corrected chi connectivity index (χ3v) is 6.02. The number of benzene rings is 2. The molecule has 10 heteroatoms. The zero-order valence-corrected chi connectivity index (χ0v) is 18.2. The van der Waals surface area contributed by atoms with Crippen molar-refractivity contribution >= 4 is 63.9 Å². The molecule has 3 aromatic rings. The molecule has 1 heterocycles. The van der Waals surface area contributed by atoms with Gasteiger partial charge in [-0.3, -0.25) is 4.79 Å². The van der Waals surface area contributed by atoms with Gasteiger partial charge in [0.2, 0.25) is 0 Å². The summed E-state index contributed by atoms with van der Waals surface area (Å²) >= 11 is 30.1. The summed E-state index contributed by atoms with van der Waals surface area (Å²) in [6.45, 7) is 0.137. The Hall–Kier alpha value is -1.63. The lowest BCUT2D eigenvalue weighted by Crippen LogP contribution is -2.22. The van der Waals surface area contributed by atoms with Gasteiger partial charge in [0, 0.05) is 6.54 Å². The molecular formula is C19H11Cl5FNO3. The molecule has 0 aliphatic carbocycles. The van der Waals surface area contributed by atoms with Crippen LogP contribution >= 0.6 is 58.0 Å². The van der Waals surface area contributed by atoms with Crippen LogP contribution in [0.15, 0.2) is 40.8 Å². The van der Waals surface area contributed by atoms with Crippen molar-refractivity contribution in [2.75, 3.05) is 0 Å². The molecule has 0 aliphatic heterocycles. The number of carbonyl (C=O) groups is 1. The Bertz CT molecular complexity index is 1020. The zero-order chi connectivity index (χ0) is 21.1. The summed E-state index contributed by atoms with van der Waals surface area (Å²) in [6, 6.07) is 8.84. The minimum absolute atomic E-state index is 0.00915. The Morgan fingerprint density at radius 2 is 1.48 bits per heavy atom. The number of hydrogen-bond donors (Lipinski definition) is 1. The largest absolute Gasteiger partial charge is 0.482 e. The number of ether oxygens (including phenoxy) is 1. The first-order valence-corrected chi connectivity index (χ1v) is 9.92. The van der Waals surface area contributed by atoms with Crippen molar-refractivity contribution in [3.8, 4) is 5.75 Å². The first-order chi connectivity index (χ1) is 13.8. The lowest BCUT2D eigenvalue weighted by molar-refractivity contribution is 0.0919. The summed E-state index contributed by atoms with van der Waals surface area (Å²) in [5, 5.41) is 2.74. The predicted octanol–water partition coefficient (Wildman–Crippen LogP) is 7.19. The molecule has 1 amide bonds. The maximum absolute atomic E-state index is 12.9. The van der Waals surface area contributed by atoms with Crippen LogP contribution in [0, 0.1) is 5.82 Å². The van der Waals surface area contributed by atoms with Crippen molar-refractivity contribution in [1.82, 2.24) is 5.32 Å². The summed E-state index contributed by atoms with van der Waals surface area (Å²) in [7, 11) is 0. The molecule has 0 spiro atoms. The Kier molecular flexibility index (Phi) is 7.19. The molecule has 0 bridgehead atoms. The number of rotatable bonds is 6. The van der Waals surface area contributed by atoms with E-state index in [0.29, 0.717) is 5.76 Å². The fraction of sp³-hybridized carbons (Fsp3) is 0.105. The van der Waals surface area contributed by atoms with Crippen LogP contribution in [0.1, 0.15) is 21.9 Å². The van der Waals surface area contributed by atoms with Gasteiger partial charge < -0.3 is 14.5 Å². The monoisotopic (exact) mass is 495 g/mol. The van der Waals surface area contributed by atoms with Crippen LogP contribution in [-0.2, 0) is 13.2 Å². The quantitative estimate of drug-likeness (QED) is 0.290. The van der Waals surface area contributed by atoms with Crippen LogP contribution in [0.25, 0.3) is 0 Å². The van der Waals surface area contributed by atoms with Gasteiger partial charge in [-0.2, -0.15) is 0 Å². The molecule has 152 valence electrons. The first-order valence-electron chi connectivity index (χ1n) is 8.03. The lowest BCUT2D eigenvalue weighted by Gasteiger charge is -2.12. The maximum atomic E-state index is 12.9. The minimum Gasteiger partial charge on any atom is -0.482 e. The highest BCUT2D eigenvalue weighted by Crippen LogP contribution is 2.48. The average Bonchev–Trinajstić information content (AvgIpc) is 3.19. The van der Waals surface area contributed by atoms with Gasteiger partial charge in [-0.25, -0.2) is 4.39 Å². The number of halogens is 6. The summed E-state index contributed by atoms with van der Waals surface area (Å²) < 4.78 is 23.9. The van der Waals surface area contributed by atoms with Crippen molar-refractivity contribution in [2.24, 2.45) is 0 Å². The van der Waals surface area contributed by atoms with E-state index in [0.717, 1.165) is 5.56 Å². The second kappa shape index (κ2) is 9.45. The van der Waals surface area contributed by atoms with Gasteiger partial charge in [0.25, 0.3) is 5.91 Å². The van der Waals surface area contributed by atoms with E-state index in [1.807, 2.05) is 0 Å². The van der Waals surface area contributed by atoms with Crippen molar-refractivity contribution < 1.29 is 18.3 Å². The standard InChI is InChI=1S/C19H11Cl5FNO3/c20-13-14(21)16(23)18(17(24)15(13)22)28-8-11-5-6-12(29-11)19(27)26-7-9-1-3-10(25)4-2-9/h1-6H,7-8H2,(H,26,27). The Labute approximate surface area is 190 Å². The third kappa shape index (κ3) is 5.11. The van der Waals surface area contributed by atoms with Crippen molar-refractivity contribution in [1.29, 1.82) is 0 Å². The molecule has 0 unspecified atom stereocenters. The van der Waals surface area contributed by atoms with Crippen LogP contribution < -0.4 is 10.1 Å². The number of amides is 1. The highest BCUT2D eigenvalue weighted by Gasteiger charge is 2.21. The molecule has 1 N–H and O–H groups in total. The van der Waals surface area contributed by atoms with E-state index in [1.165, 1.54) is 18.2 Å². The van der Waals surface area contributed by atoms with E-state index in [-0.39, 0.29) is 55.6 Å². The predicted molar refractivity (Wildman–Crippen MR) is 112 cm³/mol. The topological polar surface area (TPSA) is 51.5 Å². The third-order valence-electron chi connectivity index (χ3n) is 3.78. The van der Waals surface area contributed by atoms with Crippen LogP contribution in [0.3, 0.4) is 0 Å². The molecule has 0 atom stereocenters. The fourth-order valence-corrected chi connectivity index (χ4v) is 3.53. The van der Waals surface area contributed by atoms with E-state index in [1.54, 1.807) is 18.2 Å². The van der Waals surface area contributed by atoms with Gasteiger partial charge in [-0.15, -0.1) is 0 Å². The van der Waals surface area contributed by atoms with Crippen LogP contribution in [0.5, 0.6) is 5.75 Å². The summed E-state index contributed by atoms with van der Waals surface area (Å²) in [4.78, 5) is 12.2. The van der Waals surface area contributed by atoms with Gasteiger partial charge in [-0.05, 0) is 29.8 Å². The molecule has 4 nitrogen and oxygen atoms in total. The molecule has 0 aliphatic rings. The molecule has 3 rings (SSSR count). The zero-order valence-electron chi connectivity index (χ0n) is 14.4. The molecule has 0 saturated carbocycles. The smallest absolute Gasteiger partial charge is 0.287 e. The van der Waals surface area contributed by atoms with E-state index in [2.05, 4.69) is 5.32 Å². The van der Waals surface area contributed by atoms with Gasteiger partial charge in [0.15, 0.2) is 11.5 Å². The summed E-state index contributed by atoms with van der Waals surface area (Å²) in [6.07, 6.45) is 0. The van der Waals surface area contributed by atoms with Crippen molar-refractivity contribution in [3.63, 3.8) is 0 Å². The van der Waals surface area contributed by atoms with E-state index < -0.39 is 5.91 Å². The van der Waals surface area contributed by atoms with E-state index >= 15 is 0 Å². The lowest BCUT2D eigenvalue weighted by atomic mass is 10.2. The Morgan fingerprint density at radius 3 is 2.10 bits per heavy atom. The van der Waals surface area contributed by atoms with Gasteiger partial charge in [0.1, 0.15) is 28.2 Å². The molecule has 29 heavy (non-hydrogen) atoms. The number of furan rings is 1. The summed E-state index contributed by atoms with van der Waals surface area (Å²) in [5.74, 6) is -0.318. The highest BCUT2D eigenvalue weighted by molar-refractivity contribution is 6.55. The number of carbonyl (C=O) groups excluding carboxylic acids is 1. The highest BCUT2D eigenvalue weighted by atomic mass is 35.5. The Balaban J connectivity index is 1.63. The number of hydrogen-bond acceptors (Lipinski definition) is 3. The van der Waals surface area contributed by atoms with E-state index in [4.69, 9.17) is 67.2 Å². The molecule has 0 fully saturated rings. The van der Waals surface area contributed by atoms with Crippen molar-refractivity contribution in [2.45, 2.75) is 13.2 Å².